The summed E-state index contributed by atoms with van der Waals surface area (Å²) in [5, 5.41) is 33.3. The molecule has 0 aliphatic heterocycles. The molecule has 3 rings (SSSR count). The molecule has 3 aromatic rings. The monoisotopic (exact) mass is 297 g/mol. The highest BCUT2D eigenvalue weighted by Crippen LogP contribution is 2.33. The largest absolute Gasteiger partial charge is 0.493 e. The number of aromatic nitrogens is 3. The van der Waals surface area contributed by atoms with Crippen LogP contribution in [0.2, 0.25) is 0 Å². The van der Waals surface area contributed by atoms with E-state index in [2.05, 4.69) is 10.1 Å². The minimum Gasteiger partial charge on any atom is -0.493 e. The second-order valence-electron chi connectivity index (χ2n) is 4.88. The van der Waals surface area contributed by atoms with Gasteiger partial charge in [-0.05, 0) is 24.6 Å². The van der Waals surface area contributed by atoms with Gasteiger partial charge >= 0.3 is 0 Å². The van der Waals surface area contributed by atoms with E-state index < -0.39 is 6.29 Å². The maximum Gasteiger partial charge on any atom is 0.223 e. The lowest BCUT2D eigenvalue weighted by molar-refractivity contribution is -0.0425. The lowest BCUT2D eigenvalue weighted by Gasteiger charge is -2.07. The van der Waals surface area contributed by atoms with Crippen LogP contribution in [0.25, 0.3) is 16.9 Å². The Labute approximate surface area is 126 Å². The Morgan fingerprint density at radius 1 is 1.09 bits per heavy atom. The summed E-state index contributed by atoms with van der Waals surface area (Å²) >= 11 is 0. The minimum absolute atomic E-state index is 0.0409. The number of pyridine rings is 1. The van der Waals surface area contributed by atoms with Gasteiger partial charge in [0, 0.05) is 11.8 Å². The van der Waals surface area contributed by atoms with Gasteiger partial charge in [-0.25, -0.2) is 4.98 Å². The Morgan fingerprint density at radius 2 is 1.82 bits per heavy atom. The summed E-state index contributed by atoms with van der Waals surface area (Å²) in [4.78, 5) is 4.12. The Hall–Kier alpha value is -2.70. The van der Waals surface area contributed by atoms with Crippen LogP contribution in [0.1, 0.15) is 17.5 Å². The van der Waals surface area contributed by atoms with Crippen molar-refractivity contribution < 1.29 is 15.3 Å². The summed E-state index contributed by atoms with van der Waals surface area (Å²) in [5.74, 6) is 0.272. The fraction of sp³-hybridized carbons (Fsp3) is 0.125. The summed E-state index contributed by atoms with van der Waals surface area (Å²) in [6, 6.07) is 12.4. The molecule has 2 heterocycles. The maximum atomic E-state index is 10.5. The molecule has 1 aromatic carbocycles. The Kier molecular flexibility index (Phi) is 3.62. The lowest BCUT2D eigenvalue weighted by Crippen LogP contribution is -2.02. The van der Waals surface area contributed by atoms with Crippen LogP contribution in [0.4, 0.5) is 0 Å². The first-order valence-electron chi connectivity index (χ1n) is 6.74. The SMILES string of the molecule is Cc1nn(-c2cc(C(O)O)ccn2)c(O)c1-c1ccccc1. The summed E-state index contributed by atoms with van der Waals surface area (Å²) in [5.41, 5.74) is 2.40. The van der Waals surface area contributed by atoms with Crippen LogP contribution in [0.5, 0.6) is 5.88 Å². The van der Waals surface area contributed by atoms with E-state index in [1.807, 2.05) is 30.3 Å². The highest BCUT2D eigenvalue weighted by molar-refractivity contribution is 5.71. The zero-order valence-electron chi connectivity index (χ0n) is 11.9. The normalized spacial score (nSPS) is 11.1. The van der Waals surface area contributed by atoms with E-state index >= 15 is 0 Å². The molecule has 0 atom stereocenters. The van der Waals surface area contributed by atoms with Gasteiger partial charge in [0.05, 0.1) is 11.3 Å². The van der Waals surface area contributed by atoms with Gasteiger partial charge in [0.25, 0.3) is 0 Å². The van der Waals surface area contributed by atoms with Crippen molar-refractivity contribution in [1.29, 1.82) is 0 Å². The number of aromatic hydroxyl groups is 1. The third-order valence-electron chi connectivity index (χ3n) is 3.38. The summed E-state index contributed by atoms with van der Waals surface area (Å²) in [6.07, 6.45) is -0.169. The average molecular weight is 297 g/mol. The highest BCUT2D eigenvalue weighted by atomic mass is 16.5. The molecule has 0 bridgehead atoms. The molecule has 0 aliphatic carbocycles. The van der Waals surface area contributed by atoms with Gasteiger partial charge < -0.3 is 15.3 Å². The molecule has 22 heavy (non-hydrogen) atoms. The van der Waals surface area contributed by atoms with Crippen molar-refractivity contribution in [3.8, 4) is 22.8 Å². The zero-order valence-corrected chi connectivity index (χ0v) is 11.9. The molecule has 2 aromatic heterocycles. The molecule has 0 aliphatic rings. The Morgan fingerprint density at radius 3 is 2.50 bits per heavy atom. The predicted molar refractivity (Wildman–Crippen MR) is 80.4 cm³/mol. The predicted octanol–water partition coefficient (Wildman–Crippen LogP) is 1.93. The average Bonchev–Trinajstić information content (AvgIpc) is 2.83. The second kappa shape index (κ2) is 5.59. The van der Waals surface area contributed by atoms with Crippen LogP contribution in [-0.2, 0) is 0 Å². The van der Waals surface area contributed by atoms with Crippen molar-refractivity contribution in [2.24, 2.45) is 0 Å². The first-order valence-corrected chi connectivity index (χ1v) is 6.74. The van der Waals surface area contributed by atoms with Crippen LogP contribution in [0.15, 0.2) is 48.7 Å². The molecule has 6 nitrogen and oxygen atoms in total. The van der Waals surface area contributed by atoms with Crippen molar-refractivity contribution in [2.45, 2.75) is 13.2 Å². The molecule has 0 saturated heterocycles. The molecular formula is C16H15N3O3. The summed E-state index contributed by atoms with van der Waals surface area (Å²) in [6.45, 7) is 1.79. The zero-order chi connectivity index (χ0) is 15.7. The number of nitrogens with zero attached hydrogens (tertiary/aromatic N) is 3. The van der Waals surface area contributed by atoms with E-state index in [-0.39, 0.29) is 11.4 Å². The van der Waals surface area contributed by atoms with Crippen molar-refractivity contribution in [3.63, 3.8) is 0 Å². The minimum atomic E-state index is -1.60. The number of aliphatic hydroxyl groups is 2. The Balaban J connectivity index is 2.12. The van der Waals surface area contributed by atoms with Crippen molar-refractivity contribution >= 4 is 0 Å². The van der Waals surface area contributed by atoms with E-state index in [9.17, 15) is 15.3 Å². The van der Waals surface area contributed by atoms with E-state index in [0.717, 1.165) is 5.56 Å². The maximum absolute atomic E-state index is 10.5. The number of benzene rings is 1. The number of aryl methyl sites for hydroxylation is 1. The second-order valence-corrected chi connectivity index (χ2v) is 4.88. The van der Waals surface area contributed by atoms with Crippen LogP contribution in [0.3, 0.4) is 0 Å². The number of hydrogen-bond acceptors (Lipinski definition) is 5. The van der Waals surface area contributed by atoms with Crippen molar-refractivity contribution in [3.05, 3.63) is 59.9 Å². The molecule has 0 spiro atoms. The van der Waals surface area contributed by atoms with Crippen LogP contribution < -0.4 is 0 Å². The quantitative estimate of drug-likeness (QED) is 0.643. The van der Waals surface area contributed by atoms with E-state index in [1.54, 1.807) is 6.92 Å². The fourth-order valence-electron chi connectivity index (χ4n) is 2.33. The first-order chi connectivity index (χ1) is 10.6. The van der Waals surface area contributed by atoms with Gasteiger partial charge in [-0.15, -0.1) is 0 Å². The van der Waals surface area contributed by atoms with E-state index in [1.165, 1.54) is 23.0 Å². The number of aliphatic hydroxyl groups excluding tert-OH is 1. The van der Waals surface area contributed by atoms with E-state index in [0.29, 0.717) is 17.1 Å². The summed E-state index contributed by atoms with van der Waals surface area (Å²) in [7, 11) is 0. The van der Waals surface area contributed by atoms with E-state index in [4.69, 9.17) is 0 Å². The summed E-state index contributed by atoms with van der Waals surface area (Å²) < 4.78 is 1.28. The molecule has 0 saturated carbocycles. The van der Waals surface area contributed by atoms with Crippen molar-refractivity contribution in [1.82, 2.24) is 14.8 Å². The standard InChI is InChI=1S/C16H15N3O3/c1-10-14(11-5-3-2-4-6-11)15(20)19(18-10)13-9-12(16(21)22)7-8-17-13/h2-9,16,20-22H,1H3. The molecule has 3 N–H and O–H groups in total. The van der Waals surface area contributed by atoms with Crippen LogP contribution in [-0.4, -0.2) is 30.1 Å². The van der Waals surface area contributed by atoms with Gasteiger partial charge in [-0.3, -0.25) is 0 Å². The molecule has 6 heteroatoms. The van der Waals surface area contributed by atoms with Crippen LogP contribution in [0, 0.1) is 6.92 Å². The van der Waals surface area contributed by atoms with Gasteiger partial charge in [0.15, 0.2) is 12.1 Å². The molecule has 0 unspecified atom stereocenters. The van der Waals surface area contributed by atoms with Gasteiger partial charge in [-0.1, -0.05) is 30.3 Å². The first kappa shape index (κ1) is 14.2. The van der Waals surface area contributed by atoms with Gasteiger partial charge in [0.1, 0.15) is 0 Å². The number of hydrogen-bond donors (Lipinski definition) is 3. The lowest BCUT2D eigenvalue weighted by atomic mass is 10.1. The number of rotatable bonds is 3. The third-order valence-corrected chi connectivity index (χ3v) is 3.38. The van der Waals surface area contributed by atoms with Crippen molar-refractivity contribution in [2.75, 3.05) is 0 Å². The molecule has 0 radical (unpaired) electrons. The third kappa shape index (κ3) is 2.45. The molecular weight excluding hydrogens is 282 g/mol. The smallest absolute Gasteiger partial charge is 0.223 e. The van der Waals surface area contributed by atoms with Crippen LogP contribution >= 0.6 is 0 Å². The molecule has 0 fully saturated rings. The fourth-order valence-corrected chi connectivity index (χ4v) is 2.33. The topological polar surface area (TPSA) is 91.4 Å². The highest BCUT2D eigenvalue weighted by Gasteiger charge is 2.18. The Bertz CT molecular complexity index is 798. The molecule has 112 valence electrons. The van der Waals surface area contributed by atoms with Gasteiger partial charge in [-0.2, -0.15) is 9.78 Å². The molecule has 0 amide bonds. The van der Waals surface area contributed by atoms with Gasteiger partial charge in [0.2, 0.25) is 5.88 Å².